The van der Waals surface area contributed by atoms with Gasteiger partial charge in [-0.05, 0) is 22.0 Å². The Morgan fingerprint density at radius 1 is 1.53 bits per heavy atom. The van der Waals surface area contributed by atoms with E-state index in [1.54, 1.807) is 13.1 Å². The molecule has 0 saturated carbocycles. The van der Waals surface area contributed by atoms with Gasteiger partial charge >= 0.3 is 0 Å². The van der Waals surface area contributed by atoms with Crippen LogP contribution in [-0.4, -0.2) is 25.4 Å². The molecule has 1 rings (SSSR count). The van der Waals surface area contributed by atoms with Crippen LogP contribution >= 0.6 is 15.9 Å². The molecule has 0 saturated heterocycles. The van der Waals surface area contributed by atoms with Crippen LogP contribution in [0, 0.1) is 0 Å². The quantitative estimate of drug-likeness (QED) is 0.857. The lowest BCUT2D eigenvalue weighted by molar-refractivity contribution is -0.120. The highest BCUT2D eigenvalue weighted by Crippen LogP contribution is 2.16. The van der Waals surface area contributed by atoms with E-state index >= 15 is 0 Å². The van der Waals surface area contributed by atoms with Crippen LogP contribution in [0.25, 0.3) is 0 Å². The molecule has 2 amide bonds. The summed E-state index contributed by atoms with van der Waals surface area (Å²) >= 11 is 3.09. The largest absolute Gasteiger partial charge is 0.457 e. The predicted octanol–water partition coefficient (Wildman–Crippen LogP) is 0.908. The average molecular weight is 275 g/mol. The van der Waals surface area contributed by atoms with Crippen molar-refractivity contribution in [1.82, 2.24) is 10.6 Å². The molecule has 15 heavy (non-hydrogen) atoms. The van der Waals surface area contributed by atoms with Crippen LogP contribution < -0.4 is 10.6 Å². The number of hydrogen-bond donors (Lipinski definition) is 2. The van der Waals surface area contributed by atoms with Crippen molar-refractivity contribution in [3.05, 3.63) is 22.6 Å². The molecule has 0 atom stereocenters. The summed E-state index contributed by atoms with van der Waals surface area (Å²) in [6.45, 7) is 0.302. The van der Waals surface area contributed by atoms with E-state index in [4.69, 9.17) is 4.42 Å². The smallest absolute Gasteiger partial charge is 0.255 e. The first-order valence-corrected chi connectivity index (χ1v) is 5.16. The minimum absolute atomic E-state index is 0.110. The van der Waals surface area contributed by atoms with Gasteiger partial charge in [0.05, 0.1) is 11.8 Å². The molecule has 0 aromatic carbocycles. The van der Waals surface area contributed by atoms with Crippen molar-refractivity contribution in [2.24, 2.45) is 0 Å². The maximum atomic E-state index is 11.5. The second-order valence-corrected chi connectivity index (χ2v) is 3.51. The van der Waals surface area contributed by atoms with Crippen molar-refractivity contribution in [2.75, 3.05) is 13.6 Å². The number of nitrogens with one attached hydrogen (secondary N) is 2. The molecular weight excluding hydrogens is 264 g/mol. The minimum Gasteiger partial charge on any atom is -0.457 e. The average Bonchev–Trinajstić information content (AvgIpc) is 2.64. The monoisotopic (exact) mass is 274 g/mol. The standard InChI is InChI=1S/C9H11BrN2O3/c1-11-7(13)2-4-12-9(14)6-3-5-15-8(6)10/h3,5H,2,4H2,1H3,(H,11,13)(H,12,14). The van der Waals surface area contributed by atoms with E-state index in [0.717, 1.165) is 0 Å². The van der Waals surface area contributed by atoms with Gasteiger partial charge in [-0.15, -0.1) is 0 Å². The van der Waals surface area contributed by atoms with E-state index < -0.39 is 0 Å². The molecule has 0 aliphatic heterocycles. The predicted molar refractivity (Wildman–Crippen MR) is 57.4 cm³/mol. The molecule has 82 valence electrons. The van der Waals surface area contributed by atoms with E-state index in [-0.39, 0.29) is 18.2 Å². The van der Waals surface area contributed by atoms with Crippen LogP contribution in [0.3, 0.4) is 0 Å². The van der Waals surface area contributed by atoms with E-state index in [9.17, 15) is 9.59 Å². The summed E-state index contributed by atoms with van der Waals surface area (Å²) in [6.07, 6.45) is 1.68. The van der Waals surface area contributed by atoms with E-state index in [0.29, 0.717) is 16.8 Å². The first-order valence-electron chi connectivity index (χ1n) is 4.37. The maximum Gasteiger partial charge on any atom is 0.255 e. The van der Waals surface area contributed by atoms with Crippen molar-refractivity contribution in [2.45, 2.75) is 6.42 Å². The molecule has 0 spiro atoms. The number of amides is 2. The third-order valence-electron chi connectivity index (χ3n) is 1.78. The lowest BCUT2D eigenvalue weighted by Gasteiger charge is -2.02. The number of carbonyl (C=O) groups is 2. The topological polar surface area (TPSA) is 71.3 Å². The molecular formula is C9H11BrN2O3. The minimum atomic E-state index is -0.264. The number of furan rings is 1. The number of halogens is 1. The van der Waals surface area contributed by atoms with E-state index in [1.807, 2.05) is 0 Å². The molecule has 2 N–H and O–H groups in total. The van der Waals surface area contributed by atoms with Gasteiger partial charge in [0.2, 0.25) is 5.91 Å². The van der Waals surface area contributed by atoms with Crippen LogP contribution in [0.15, 0.2) is 21.4 Å². The highest BCUT2D eigenvalue weighted by Gasteiger charge is 2.11. The van der Waals surface area contributed by atoms with Crippen LogP contribution in [0.1, 0.15) is 16.8 Å². The molecule has 6 heteroatoms. The molecule has 0 fully saturated rings. The summed E-state index contributed by atoms with van der Waals surface area (Å²) in [5, 5.41) is 5.07. The molecule has 0 unspecified atom stereocenters. The summed E-state index contributed by atoms with van der Waals surface area (Å²) in [4.78, 5) is 22.3. The van der Waals surface area contributed by atoms with Gasteiger partial charge in [0.25, 0.3) is 5.91 Å². The van der Waals surface area contributed by atoms with E-state index in [2.05, 4.69) is 26.6 Å². The Bertz CT molecular complexity index is 362. The lowest BCUT2D eigenvalue weighted by atomic mass is 10.3. The first kappa shape index (κ1) is 11.8. The molecule has 0 aliphatic rings. The van der Waals surface area contributed by atoms with Crippen molar-refractivity contribution >= 4 is 27.7 Å². The zero-order chi connectivity index (χ0) is 11.3. The third kappa shape index (κ3) is 3.39. The zero-order valence-corrected chi connectivity index (χ0v) is 9.76. The Kier molecular flexibility index (Phi) is 4.36. The summed E-state index contributed by atoms with van der Waals surface area (Å²) < 4.78 is 5.30. The summed E-state index contributed by atoms with van der Waals surface area (Å²) in [5.41, 5.74) is 0.423. The molecule has 0 bridgehead atoms. The fourth-order valence-corrected chi connectivity index (χ4v) is 1.39. The van der Waals surface area contributed by atoms with Gasteiger partial charge in [-0.25, -0.2) is 0 Å². The SMILES string of the molecule is CNC(=O)CCNC(=O)c1ccoc1Br. The third-order valence-corrected chi connectivity index (χ3v) is 2.39. The van der Waals surface area contributed by atoms with Crippen molar-refractivity contribution in [1.29, 1.82) is 0 Å². The fourth-order valence-electron chi connectivity index (χ4n) is 0.966. The lowest BCUT2D eigenvalue weighted by Crippen LogP contribution is -2.29. The van der Waals surface area contributed by atoms with E-state index in [1.165, 1.54) is 6.26 Å². The molecule has 1 heterocycles. The van der Waals surface area contributed by atoms with Gasteiger partial charge in [-0.2, -0.15) is 0 Å². The second kappa shape index (κ2) is 5.55. The first-order chi connectivity index (χ1) is 7.15. The highest BCUT2D eigenvalue weighted by atomic mass is 79.9. The highest BCUT2D eigenvalue weighted by molar-refractivity contribution is 9.10. The Morgan fingerprint density at radius 2 is 2.27 bits per heavy atom. The molecule has 5 nitrogen and oxygen atoms in total. The number of rotatable bonds is 4. The molecule has 1 aromatic heterocycles. The molecule has 0 aliphatic carbocycles. The van der Waals surface area contributed by atoms with Gasteiger partial charge in [-0.3, -0.25) is 9.59 Å². The van der Waals surface area contributed by atoms with Gasteiger partial charge in [0.1, 0.15) is 0 Å². The summed E-state index contributed by atoms with van der Waals surface area (Å²) in [5.74, 6) is -0.374. The van der Waals surface area contributed by atoms with Gasteiger partial charge in [0.15, 0.2) is 4.67 Å². The normalized spacial score (nSPS) is 9.73. The van der Waals surface area contributed by atoms with Gasteiger partial charge in [0, 0.05) is 20.0 Å². The Balaban J connectivity index is 2.38. The van der Waals surface area contributed by atoms with Gasteiger partial charge < -0.3 is 15.1 Å². The zero-order valence-electron chi connectivity index (χ0n) is 8.17. The van der Waals surface area contributed by atoms with Crippen molar-refractivity contribution in [3.63, 3.8) is 0 Å². The molecule has 1 aromatic rings. The second-order valence-electron chi connectivity index (χ2n) is 2.79. The van der Waals surface area contributed by atoms with Crippen LogP contribution in [0.4, 0.5) is 0 Å². The number of carbonyl (C=O) groups excluding carboxylic acids is 2. The van der Waals surface area contributed by atoms with Gasteiger partial charge in [-0.1, -0.05) is 0 Å². The van der Waals surface area contributed by atoms with Crippen LogP contribution in [-0.2, 0) is 4.79 Å². The maximum absolute atomic E-state index is 11.5. The Morgan fingerprint density at radius 3 is 2.80 bits per heavy atom. The molecule has 0 radical (unpaired) electrons. The fraction of sp³-hybridized carbons (Fsp3) is 0.333. The number of hydrogen-bond acceptors (Lipinski definition) is 3. The Hall–Kier alpha value is -1.30. The summed E-state index contributed by atoms with van der Waals surface area (Å²) in [7, 11) is 1.55. The van der Waals surface area contributed by atoms with Crippen molar-refractivity contribution in [3.8, 4) is 0 Å². The van der Waals surface area contributed by atoms with Crippen LogP contribution in [0.5, 0.6) is 0 Å². The van der Waals surface area contributed by atoms with Crippen LogP contribution in [0.2, 0.25) is 0 Å². The summed E-state index contributed by atoms with van der Waals surface area (Å²) in [6, 6.07) is 1.55. The Labute approximate surface area is 95.3 Å². The van der Waals surface area contributed by atoms with Crippen molar-refractivity contribution < 1.29 is 14.0 Å².